The van der Waals surface area contributed by atoms with Gasteiger partial charge < -0.3 is 0 Å². The molecule has 0 bridgehead atoms. The molecule has 1 atom stereocenters. The molecule has 1 N–H and O–H groups in total. The molecule has 21 heavy (non-hydrogen) atoms. The van der Waals surface area contributed by atoms with Crippen molar-refractivity contribution in [1.29, 1.82) is 0 Å². The van der Waals surface area contributed by atoms with Crippen LogP contribution in [0.2, 0.25) is 0 Å². The Morgan fingerprint density at radius 2 is 1.67 bits per heavy atom. The second-order valence-corrected chi connectivity index (χ2v) is 7.21. The van der Waals surface area contributed by atoms with Gasteiger partial charge in [0.05, 0.1) is 14.2 Å². The Morgan fingerprint density at radius 3 is 2.05 bits per heavy atom. The molecule has 0 rings (SSSR count). The molecule has 0 saturated carbocycles. The van der Waals surface area contributed by atoms with Crippen molar-refractivity contribution in [2.75, 3.05) is 21.3 Å². The van der Waals surface area contributed by atoms with Gasteiger partial charge in [-0.1, -0.05) is 34.6 Å². The average molecular weight is 302 g/mol. The van der Waals surface area contributed by atoms with E-state index < -0.39 is 0 Å². The molecule has 2 amide bonds. The van der Waals surface area contributed by atoms with E-state index in [4.69, 9.17) is 9.68 Å². The van der Waals surface area contributed by atoms with Gasteiger partial charge in [-0.05, 0) is 17.3 Å². The minimum Gasteiger partial charge on any atom is -0.277 e. The van der Waals surface area contributed by atoms with Crippen molar-refractivity contribution >= 4 is 11.8 Å². The van der Waals surface area contributed by atoms with Gasteiger partial charge in [0.1, 0.15) is 0 Å². The summed E-state index contributed by atoms with van der Waals surface area (Å²) in [6, 6.07) is 0. The molecule has 0 aliphatic heterocycles. The summed E-state index contributed by atoms with van der Waals surface area (Å²) in [6.07, 6.45) is 0.888. The van der Waals surface area contributed by atoms with Gasteiger partial charge in [0.25, 0.3) is 0 Å². The number of carbonyl (C=O) groups is 2. The fourth-order valence-electron chi connectivity index (χ4n) is 2.21. The number of hydrogen-bond acceptors (Lipinski definition) is 4. The van der Waals surface area contributed by atoms with Crippen LogP contribution in [0.25, 0.3) is 0 Å². The molecule has 0 fully saturated rings. The monoisotopic (exact) mass is 302 g/mol. The van der Waals surface area contributed by atoms with Crippen molar-refractivity contribution < 1.29 is 19.3 Å². The van der Waals surface area contributed by atoms with Crippen molar-refractivity contribution in [1.82, 2.24) is 10.5 Å². The Kier molecular flexibility index (Phi) is 7.33. The molecule has 6 heteroatoms. The van der Waals surface area contributed by atoms with Crippen molar-refractivity contribution in [2.24, 2.45) is 16.7 Å². The maximum atomic E-state index is 12.2. The van der Waals surface area contributed by atoms with Gasteiger partial charge in [-0.15, -0.1) is 0 Å². The molecule has 1 unspecified atom stereocenters. The Bertz CT molecular complexity index is 361. The predicted molar refractivity (Wildman–Crippen MR) is 80.9 cm³/mol. The van der Waals surface area contributed by atoms with Gasteiger partial charge in [-0.3, -0.25) is 19.3 Å². The van der Waals surface area contributed by atoms with Crippen LogP contribution in [0.4, 0.5) is 0 Å². The van der Waals surface area contributed by atoms with Gasteiger partial charge in [0, 0.05) is 19.4 Å². The molecule has 0 aromatic carbocycles. The number of carbonyl (C=O) groups excluding carboxylic acids is 2. The fraction of sp³-hybridized carbons (Fsp3) is 0.867. The van der Waals surface area contributed by atoms with Crippen LogP contribution in [0.1, 0.15) is 47.5 Å². The zero-order chi connectivity index (χ0) is 16.8. The minimum atomic E-state index is -0.326. The third-order valence-electron chi connectivity index (χ3n) is 3.58. The highest BCUT2D eigenvalue weighted by atomic mass is 16.7. The van der Waals surface area contributed by atoms with Crippen molar-refractivity contribution in [2.45, 2.75) is 47.5 Å². The molecule has 0 radical (unpaired) electrons. The first-order valence-electron chi connectivity index (χ1n) is 7.08. The van der Waals surface area contributed by atoms with Crippen LogP contribution in [-0.4, -0.2) is 38.1 Å². The van der Waals surface area contributed by atoms with Crippen LogP contribution in [0.5, 0.6) is 0 Å². The number of hydrogen-bond donors (Lipinski definition) is 1. The third kappa shape index (κ3) is 6.91. The Balaban J connectivity index is 4.98. The summed E-state index contributed by atoms with van der Waals surface area (Å²) in [7, 11) is 4.45. The average Bonchev–Trinajstić information content (AvgIpc) is 2.33. The van der Waals surface area contributed by atoms with E-state index in [9.17, 15) is 9.59 Å². The summed E-state index contributed by atoms with van der Waals surface area (Å²) in [5.41, 5.74) is 1.85. The maximum absolute atomic E-state index is 12.2. The Labute approximate surface area is 128 Å². The highest BCUT2D eigenvalue weighted by Gasteiger charge is 2.37. The highest BCUT2D eigenvalue weighted by Crippen LogP contribution is 2.38. The minimum absolute atomic E-state index is 0.109. The lowest BCUT2D eigenvalue weighted by atomic mass is 9.70. The SMILES string of the molecule is CONC(=O)C(CC(C)(C)CC(=O)N(C)OC)C(C)(C)C. The summed E-state index contributed by atoms with van der Waals surface area (Å²) >= 11 is 0. The van der Waals surface area contributed by atoms with Gasteiger partial charge in [0.2, 0.25) is 11.8 Å². The lowest BCUT2D eigenvalue weighted by Gasteiger charge is -2.36. The summed E-state index contributed by atoms with van der Waals surface area (Å²) in [5.74, 6) is -0.527. The lowest BCUT2D eigenvalue weighted by Crippen LogP contribution is -2.41. The molecule has 0 aromatic heterocycles. The van der Waals surface area contributed by atoms with E-state index in [2.05, 4.69) is 5.48 Å². The Hall–Kier alpha value is -1.14. The first-order chi connectivity index (χ1) is 9.44. The van der Waals surface area contributed by atoms with E-state index in [0.29, 0.717) is 12.8 Å². The fourth-order valence-corrected chi connectivity index (χ4v) is 2.21. The third-order valence-corrected chi connectivity index (χ3v) is 3.58. The van der Waals surface area contributed by atoms with Crippen molar-refractivity contribution in [3.63, 3.8) is 0 Å². The van der Waals surface area contributed by atoms with Gasteiger partial charge in [0.15, 0.2) is 0 Å². The second-order valence-electron chi connectivity index (χ2n) is 7.21. The summed E-state index contributed by atoms with van der Waals surface area (Å²) in [4.78, 5) is 33.8. The van der Waals surface area contributed by atoms with Crippen LogP contribution in [0.15, 0.2) is 0 Å². The standard InChI is InChI=1S/C15H30N2O4/c1-14(2,3)11(13(19)16-20-7)9-15(4,5)10-12(18)17(6)21-8/h11H,9-10H2,1-8H3,(H,16,19). The second kappa shape index (κ2) is 7.75. The van der Waals surface area contributed by atoms with Crippen LogP contribution in [0, 0.1) is 16.7 Å². The summed E-state index contributed by atoms with van der Waals surface area (Å²) in [5, 5.41) is 1.21. The molecule has 0 spiro atoms. The molecule has 0 heterocycles. The molecule has 0 aromatic rings. The van der Waals surface area contributed by atoms with Crippen LogP contribution in [0.3, 0.4) is 0 Å². The number of amides is 2. The number of hydroxylamine groups is 3. The molecular formula is C15H30N2O4. The summed E-state index contributed by atoms with van der Waals surface area (Å²) < 4.78 is 0. The molecule has 6 nitrogen and oxygen atoms in total. The number of nitrogens with one attached hydrogen (secondary N) is 1. The van der Waals surface area contributed by atoms with E-state index in [-0.39, 0.29) is 28.6 Å². The van der Waals surface area contributed by atoms with Crippen molar-refractivity contribution in [3.05, 3.63) is 0 Å². The van der Waals surface area contributed by atoms with Crippen molar-refractivity contribution in [3.8, 4) is 0 Å². The van der Waals surface area contributed by atoms with E-state index in [1.165, 1.54) is 19.3 Å². The number of nitrogens with zero attached hydrogens (tertiary/aromatic N) is 1. The predicted octanol–water partition coefficient (Wildman–Crippen LogP) is 2.15. The van der Waals surface area contributed by atoms with E-state index in [1.54, 1.807) is 7.05 Å². The molecular weight excluding hydrogens is 272 g/mol. The Morgan fingerprint density at radius 1 is 1.14 bits per heavy atom. The van der Waals surface area contributed by atoms with Crippen LogP contribution >= 0.6 is 0 Å². The largest absolute Gasteiger partial charge is 0.277 e. The first-order valence-corrected chi connectivity index (χ1v) is 7.08. The lowest BCUT2D eigenvalue weighted by molar-refractivity contribution is -0.171. The van der Waals surface area contributed by atoms with E-state index in [1.807, 2.05) is 34.6 Å². The van der Waals surface area contributed by atoms with Crippen LogP contribution < -0.4 is 5.48 Å². The maximum Gasteiger partial charge on any atom is 0.247 e. The summed E-state index contributed by atoms with van der Waals surface area (Å²) in [6.45, 7) is 9.98. The molecule has 0 aliphatic rings. The van der Waals surface area contributed by atoms with E-state index in [0.717, 1.165) is 0 Å². The molecule has 124 valence electrons. The van der Waals surface area contributed by atoms with Gasteiger partial charge >= 0.3 is 0 Å². The zero-order valence-corrected chi connectivity index (χ0v) is 14.6. The smallest absolute Gasteiger partial charge is 0.247 e. The van der Waals surface area contributed by atoms with Crippen LogP contribution in [-0.2, 0) is 19.3 Å². The van der Waals surface area contributed by atoms with E-state index >= 15 is 0 Å². The number of rotatable bonds is 7. The van der Waals surface area contributed by atoms with Gasteiger partial charge in [-0.2, -0.15) is 0 Å². The van der Waals surface area contributed by atoms with Gasteiger partial charge in [-0.25, -0.2) is 10.5 Å². The molecule has 0 aliphatic carbocycles. The quantitative estimate of drug-likeness (QED) is 0.732. The molecule has 0 saturated heterocycles. The topological polar surface area (TPSA) is 67.9 Å². The zero-order valence-electron chi connectivity index (χ0n) is 14.6. The highest BCUT2D eigenvalue weighted by molar-refractivity contribution is 5.79. The first kappa shape index (κ1) is 19.9. The normalized spacial score (nSPS) is 13.7.